The van der Waals surface area contributed by atoms with Crippen LogP contribution in [0, 0.1) is 27.7 Å². The lowest BCUT2D eigenvalue weighted by Gasteiger charge is -2.26. The van der Waals surface area contributed by atoms with Crippen LogP contribution in [0.3, 0.4) is 0 Å². The van der Waals surface area contributed by atoms with Crippen LogP contribution in [0.4, 0.5) is 5.69 Å². The van der Waals surface area contributed by atoms with E-state index in [9.17, 15) is 9.59 Å². The number of anilines is 1. The van der Waals surface area contributed by atoms with Crippen LogP contribution in [0.5, 0.6) is 0 Å². The van der Waals surface area contributed by atoms with Gasteiger partial charge in [0.15, 0.2) is 5.43 Å². The van der Waals surface area contributed by atoms with Crippen molar-refractivity contribution < 1.29 is 9.21 Å². The van der Waals surface area contributed by atoms with E-state index in [1.165, 1.54) is 5.56 Å². The summed E-state index contributed by atoms with van der Waals surface area (Å²) in [5, 5.41) is 0.514. The molecule has 3 aromatic carbocycles. The van der Waals surface area contributed by atoms with E-state index in [1.807, 2.05) is 70.2 Å². The Balaban J connectivity index is 1.79. The van der Waals surface area contributed by atoms with Crippen molar-refractivity contribution in [2.75, 3.05) is 4.90 Å². The highest BCUT2D eigenvalue weighted by Crippen LogP contribution is 2.42. The number of fused-ring (bicyclic) bond motifs is 2. The second-order valence-corrected chi connectivity index (χ2v) is 9.77. The first-order valence-electron chi connectivity index (χ1n) is 11.8. The van der Waals surface area contributed by atoms with Crippen LogP contribution in [0.25, 0.3) is 11.0 Å². The Bertz CT molecular complexity index is 1510. The molecular formula is C30H29NO3. The van der Waals surface area contributed by atoms with Crippen molar-refractivity contribution in [3.05, 3.63) is 110 Å². The van der Waals surface area contributed by atoms with Crippen molar-refractivity contribution in [1.82, 2.24) is 0 Å². The summed E-state index contributed by atoms with van der Waals surface area (Å²) in [6, 6.07) is 17.4. The number of rotatable bonds is 3. The molecule has 0 aliphatic carbocycles. The standard InChI is InChI=1S/C30H29NO3/c1-16(2)21-8-10-22(11-9-21)27-26-28(32)24-14-19(5)20(6)15-25(24)34-29(26)30(33)31(27)23-12-7-17(3)18(4)13-23/h7-16,27H,1-6H3. The lowest BCUT2D eigenvalue weighted by atomic mass is 9.94. The summed E-state index contributed by atoms with van der Waals surface area (Å²) in [7, 11) is 0. The largest absolute Gasteiger partial charge is 0.450 e. The number of carbonyl (C=O) groups excluding carboxylic acids is 1. The van der Waals surface area contributed by atoms with Gasteiger partial charge >= 0.3 is 0 Å². The van der Waals surface area contributed by atoms with Gasteiger partial charge in [-0.15, -0.1) is 0 Å². The van der Waals surface area contributed by atoms with E-state index >= 15 is 0 Å². The molecule has 0 radical (unpaired) electrons. The normalized spacial score (nSPS) is 15.4. The van der Waals surface area contributed by atoms with Crippen LogP contribution in [0.1, 0.15) is 75.3 Å². The number of hydrogen-bond acceptors (Lipinski definition) is 3. The summed E-state index contributed by atoms with van der Waals surface area (Å²) in [4.78, 5) is 29.4. The minimum atomic E-state index is -0.548. The molecule has 2 heterocycles. The molecule has 0 N–H and O–H groups in total. The first-order valence-corrected chi connectivity index (χ1v) is 11.8. The molecule has 0 saturated heterocycles. The lowest BCUT2D eigenvalue weighted by molar-refractivity contribution is 0.0971. The molecule has 1 unspecified atom stereocenters. The van der Waals surface area contributed by atoms with Crippen LogP contribution in [0.2, 0.25) is 0 Å². The smallest absolute Gasteiger partial charge is 0.295 e. The average Bonchev–Trinajstić information content (AvgIpc) is 3.10. The molecule has 1 aliphatic rings. The zero-order chi connectivity index (χ0) is 24.3. The third-order valence-corrected chi connectivity index (χ3v) is 7.17. The Morgan fingerprint density at radius 2 is 1.44 bits per heavy atom. The summed E-state index contributed by atoms with van der Waals surface area (Å²) in [5.41, 5.74) is 7.87. The van der Waals surface area contributed by atoms with Gasteiger partial charge in [-0.1, -0.05) is 44.2 Å². The lowest BCUT2D eigenvalue weighted by Crippen LogP contribution is -2.29. The number of amides is 1. The highest BCUT2D eigenvalue weighted by Gasteiger charge is 2.43. The maximum absolute atomic E-state index is 13.8. The highest BCUT2D eigenvalue weighted by atomic mass is 16.3. The molecule has 34 heavy (non-hydrogen) atoms. The summed E-state index contributed by atoms with van der Waals surface area (Å²) < 4.78 is 6.16. The minimum absolute atomic E-state index is 0.136. The summed E-state index contributed by atoms with van der Waals surface area (Å²) in [6.45, 7) is 12.3. The zero-order valence-corrected chi connectivity index (χ0v) is 20.5. The fourth-order valence-electron chi connectivity index (χ4n) is 4.75. The molecule has 1 atom stereocenters. The number of nitrogens with zero attached hydrogens (tertiary/aromatic N) is 1. The number of aryl methyl sites for hydroxylation is 4. The fourth-order valence-corrected chi connectivity index (χ4v) is 4.75. The Morgan fingerprint density at radius 3 is 2.09 bits per heavy atom. The molecular weight excluding hydrogens is 422 g/mol. The molecule has 0 saturated carbocycles. The van der Waals surface area contributed by atoms with Crippen molar-refractivity contribution in [3.63, 3.8) is 0 Å². The van der Waals surface area contributed by atoms with Crippen molar-refractivity contribution in [2.45, 2.75) is 53.5 Å². The van der Waals surface area contributed by atoms with Crippen LogP contribution >= 0.6 is 0 Å². The third-order valence-electron chi connectivity index (χ3n) is 7.17. The van der Waals surface area contributed by atoms with E-state index in [0.29, 0.717) is 22.5 Å². The van der Waals surface area contributed by atoms with Crippen LogP contribution in [0.15, 0.2) is 63.8 Å². The monoisotopic (exact) mass is 451 g/mol. The van der Waals surface area contributed by atoms with Gasteiger partial charge in [-0.25, -0.2) is 0 Å². The Hall–Kier alpha value is -3.66. The van der Waals surface area contributed by atoms with Crippen molar-refractivity contribution in [2.24, 2.45) is 0 Å². The molecule has 1 aliphatic heterocycles. The van der Waals surface area contributed by atoms with Gasteiger partial charge in [0.25, 0.3) is 5.91 Å². The molecule has 4 aromatic rings. The van der Waals surface area contributed by atoms with E-state index in [-0.39, 0.29) is 17.1 Å². The molecule has 4 heteroatoms. The van der Waals surface area contributed by atoms with E-state index in [4.69, 9.17) is 4.42 Å². The zero-order valence-electron chi connectivity index (χ0n) is 20.5. The van der Waals surface area contributed by atoms with E-state index in [2.05, 4.69) is 26.0 Å². The Morgan fingerprint density at radius 1 is 0.794 bits per heavy atom. The van der Waals surface area contributed by atoms with Crippen molar-refractivity contribution in [1.29, 1.82) is 0 Å². The van der Waals surface area contributed by atoms with Crippen molar-refractivity contribution in [3.8, 4) is 0 Å². The second-order valence-electron chi connectivity index (χ2n) is 9.77. The maximum Gasteiger partial charge on any atom is 0.295 e. The topological polar surface area (TPSA) is 50.5 Å². The number of benzene rings is 3. The third kappa shape index (κ3) is 3.37. The first-order chi connectivity index (χ1) is 16.2. The second kappa shape index (κ2) is 7.98. The van der Waals surface area contributed by atoms with Gasteiger partial charge in [0.05, 0.1) is 17.0 Å². The minimum Gasteiger partial charge on any atom is -0.450 e. The van der Waals surface area contributed by atoms with Crippen molar-refractivity contribution >= 4 is 22.6 Å². The van der Waals surface area contributed by atoms with Crippen LogP contribution in [-0.4, -0.2) is 5.91 Å². The Labute approximate surface area is 199 Å². The van der Waals surface area contributed by atoms with Gasteiger partial charge in [-0.3, -0.25) is 14.5 Å². The van der Waals surface area contributed by atoms with Crippen LogP contribution < -0.4 is 10.3 Å². The number of carbonyl (C=O) groups is 1. The van der Waals surface area contributed by atoms with E-state index in [1.54, 1.807) is 4.90 Å². The molecule has 172 valence electrons. The quantitative estimate of drug-likeness (QED) is 0.340. The summed E-state index contributed by atoms with van der Waals surface area (Å²) in [5.74, 6) is 0.243. The molecule has 1 amide bonds. The summed E-state index contributed by atoms with van der Waals surface area (Å²) >= 11 is 0. The van der Waals surface area contributed by atoms with Gasteiger partial charge in [-0.2, -0.15) is 0 Å². The highest BCUT2D eigenvalue weighted by molar-refractivity contribution is 6.10. The first kappa shape index (κ1) is 22.1. The average molecular weight is 452 g/mol. The van der Waals surface area contributed by atoms with E-state index < -0.39 is 6.04 Å². The number of hydrogen-bond donors (Lipinski definition) is 0. The van der Waals surface area contributed by atoms with Gasteiger partial charge in [-0.05, 0) is 91.3 Å². The molecule has 0 bridgehead atoms. The molecule has 0 spiro atoms. The van der Waals surface area contributed by atoms with Gasteiger partial charge in [0, 0.05) is 5.69 Å². The molecule has 1 aromatic heterocycles. The van der Waals surface area contributed by atoms with Gasteiger partial charge < -0.3 is 4.42 Å². The van der Waals surface area contributed by atoms with E-state index in [0.717, 1.165) is 33.5 Å². The Kier molecular flexibility index (Phi) is 5.20. The van der Waals surface area contributed by atoms with Gasteiger partial charge in [0.1, 0.15) is 5.58 Å². The molecule has 4 nitrogen and oxygen atoms in total. The molecule has 0 fully saturated rings. The van der Waals surface area contributed by atoms with Crippen LogP contribution in [-0.2, 0) is 0 Å². The fraction of sp³-hybridized carbons (Fsp3) is 0.267. The molecule has 5 rings (SSSR count). The van der Waals surface area contributed by atoms with Gasteiger partial charge in [0.2, 0.25) is 5.76 Å². The predicted octanol–water partition coefficient (Wildman–Crippen LogP) is 6.90. The SMILES string of the molecule is Cc1ccc(N2C(=O)c3oc4cc(C)c(C)cc4c(=O)c3C2c2ccc(C(C)C)cc2)cc1C. The predicted molar refractivity (Wildman–Crippen MR) is 137 cm³/mol. The maximum atomic E-state index is 13.8. The summed E-state index contributed by atoms with van der Waals surface area (Å²) in [6.07, 6.45) is 0.